The van der Waals surface area contributed by atoms with E-state index in [-0.39, 0.29) is 0 Å². The Balaban J connectivity index is 2.25. The van der Waals surface area contributed by atoms with Crippen LogP contribution in [0.1, 0.15) is 25.0 Å². The summed E-state index contributed by atoms with van der Waals surface area (Å²) in [6.45, 7) is 6.52. The summed E-state index contributed by atoms with van der Waals surface area (Å²) in [4.78, 5) is 0. The van der Waals surface area contributed by atoms with E-state index < -0.39 is 0 Å². The lowest BCUT2D eigenvalue weighted by Gasteiger charge is -2.08. The lowest BCUT2D eigenvalue weighted by atomic mass is 9.98. The Labute approximate surface area is 110 Å². The van der Waals surface area contributed by atoms with Gasteiger partial charge in [-0.3, -0.25) is 0 Å². The van der Waals surface area contributed by atoms with Gasteiger partial charge in [0.05, 0.1) is 0 Å². The zero-order valence-corrected chi connectivity index (χ0v) is 11.4. The van der Waals surface area contributed by atoms with Gasteiger partial charge in [0.2, 0.25) is 0 Å². The van der Waals surface area contributed by atoms with Gasteiger partial charge in [0, 0.05) is 5.69 Å². The van der Waals surface area contributed by atoms with Crippen molar-refractivity contribution in [3.63, 3.8) is 0 Å². The minimum absolute atomic E-state index is 0.700. The van der Waals surface area contributed by atoms with Crippen LogP contribution in [0.2, 0.25) is 0 Å². The van der Waals surface area contributed by atoms with Gasteiger partial charge in [-0.05, 0) is 47.6 Å². The molecule has 1 nitrogen and oxygen atoms in total. The quantitative estimate of drug-likeness (QED) is 0.787. The van der Waals surface area contributed by atoms with Gasteiger partial charge in [-0.2, -0.15) is 0 Å². The Morgan fingerprint density at radius 3 is 2.11 bits per heavy atom. The molecule has 0 spiro atoms. The number of rotatable bonds is 3. The molecule has 0 saturated heterocycles. The molecular weight excluding hydrogens is 218 g/mol. The third kappa shape index (κ3) is 2.92. The first-order valence-corrected chi connectivity index (χ1v) is 6.51. The maximum absolute atomic E-state index is 5.95. The van der Waals surface area contributed by atoms with Crippen LogP contribution in [0.25, 0.3) is 11.1 Å². The third-order valence-corrected chi connectivity index (χ3v) is 3.21. The SMILES string of the molecule is Cc1ccc(-c2ccc(CC(C)C)cc2)cc1N. The molecule has 0 bridgehead atoms. The largest absolute Gasteiger partial charge is 0.398 e. The van der Waals surface area contributed by atoms with Crippen molar-refractivity contribution in [3.8, 4) is 11.1 Å². The molecule has 0 fully saturated rings. The molecule has 0 aliphatic heterocycles. The van der Waals surface area contributed by atoms with Crippen molar-refractivity contribution in [3.05, 3.63) is 53.6 Å². The second-order valence-corrected chi connectivity index (χ2v) is 5.37. The first-order valence-electron chi connectivity index (χ1n) is 6.51. The van der Waals surface area contributed by atoms with E-state index in [0.29, 0.717) is 5.92 Å². The molecule has 0 saturated carbocycles. The fourth-order valence-corrected chi connectivity index (χ4v) is 2.12. The van der Waals surface area contributed by atoms with Gasteiger partial charge in [0.15, 0.2) is 0 Å². The van der Waals surface area contributed by atoms with Crippen molar-refractivity contribution in [1.29, 1.82) is 0 Å². The molecule has 0 aliphatic rings. The Morgan fingerprint density at radius 1 is 0.944 bits per heavy atom. The van der Waals surface area contributed by atoms with Crippen molar-refractivity contribution in [2.45, 2.75) is 27.2 Å². The standard InChI is InChI=1S/C17H21N/c1-12(2)10-14-5-8-15(9-6-14)16-7-4-13(3)17(18)11-16/h4-9,11-12H,10,18H2,1-3H3. The normalized spacial score (nSPS) is 10.9. The zero-order chi connectivity index (χ0) is 13.1. The molecule has 0 unspecified atom stereocenters. The second-order valence-electron chi connectivity index (χ2n) is 5.37. The van der Waals surface area contributed by atoms with E-state index in [1.165, 1.54) is 16.7 Å². The maximum Gasteiger partial charge on any atom is 0.0349 e. The molecular formula is C17H21N. The molecule has 0 amide bonds. The van der Waals surface area contributed by atoms with E-state index in [0.717, 1.165) is 17.7 Å². The van der Waals surface area contributed by atoms with Crippen LogP contribution >= 0.6 is 0 Å². The number of aryl methyl sites for hydroxylation is 1. The summed E-state index contributed by atoms with van der Waals surface area (Å²) in [5.74, 6) is 0.700. The Morgan fingerprint density at radius 2 is 1.56 bits per heavy atom. The fraction of sp³-hybridized carbons (Fsp3) is 0.294. The minimum Gasteiger partial charge on any atom is -0.398 e. The molecule has 0 heterocycles. The predicted molar refractivity (Wildman–Crippen MR) is 79.6 cm³/mol. The number of benzene rings is 2. The molecule has 1 heteroatoms. The monoisotopic (exact) mass is 239 g/mol. The van der Waals surface area contributed by atoms with Crippen LogP contribution in [0.15, 0.2) is 42.5 Å². The lowest BCUT2D eigenvalue weighted by Crippen LogP contribution is -1.94. The number of hydrogen-bond donors (Lipinski definition) is 1. The molecule has 2 rings (SSSR count). The minimum atomic E-state index is 0.700. The van der Waals surface area contributed by atoms with Crippen molar-refractivity contribution in [2.24, 2.45) is 5.92 Å². The average molecular weight is 239 g/mol. The number of nitrogen functional groups attached to an aromatic ring is 1. The molecule has 0 atom stereocenters. The van der Waals surface area contributed by atoms with E-state index in [1.807, 2.05) is 13.0 Å². The zero-order valence-electron chi connectivity index (χ0n) is 11.4. The predicted octanol–water partition coefficient (Wildman–Crippen LogP) is 4.44. The summed E-state index contributed by atoms with van der Waals surface area (Å²) >= 11 is 0. The van der Waals surface area contributed by atoms with Gasteiger partial charge in [-0.1, -0.05) is 50.2 Å². The molecule has 2 aromatic rings. The smallest absolute Gasteiger partial charge is 0.0349 e. The average Bonchev–Trinajstić information content (AvgIpc) is 2.33. The molecule has 0 radical (unpaired) electrons. The highest BCUT2D eigenvalue weighted by Gasteiger charge is 2.02. The van der Waals surface area contributed by atoms with Gasteiger partial charge < -0.3 is 5.73 Å². The maximum atomic E-state index is 5.95. The van der Waals surface area contributed by atoms with Crippen LogP contribution in [0, 0.1) is 12.8 Å². The second kappa shape index (κ2) is 5.26. The molecule has 18 heavy (non-hydrogen) atoms. The molecule has 0 aliphatic carbocycles. The van der Waals surface area contributed by atoms with Crippen LogP contribution in [-0.2, 0) is 6.42 Å². The Bertz CT molecular complexity index is 524. The summed E-state index contributed by atoms with van der Waals surface area (Å²) in [5.41, 5.74) is 11.8. The van der Waals surface area contributed by atoms with Crippen LogP contribution in [0.3, 0.4) is 0 Å². The summed E-state index contributed by atoms with van der Waals surface area (Å²) in [5, 5.41) is 0. The van der Waals surface area contributed by atoms with Crippen molar-refractivity contribution in [2.75, 3.05) is 5.73 Å². The van der Waals surface area contributed by atoms with Gasteiger partial charge in [-0.25, -0.2) is 0 Å². The third-order valence-electron chi connectivity index (χ3n) is 3.21. The van der Waals surface area contributed by atoms with Crippen molar-refractivity contribution in [1.82, 2.24) is 0 Å². The van der Waals surface area contributed by atoms with E-state index >= 15 is 0 Å². The van der Waals surface area contributed by atoms with Gasteiger partial charge in [-0.15, -0.1) is 0 Å². The number of hydrogen-bond acceptors (Lipinski definition) is 1. The number of nitrogens with two attached hydrogens (primary N) is 1. The van der Waals surface area contributed by atoms with E-state index in [1.54, 1.807) is 0 Å². The number of anilines is 1. The summed E-state index contributed by atoms with van der Waals surface area (Å²) < 4.78 is 0. The van der Waals surface area contributed by atoms with Crippen LogP contribution in [-0.4, -0.2) is 0 Å². The lowest BCUT2D eigenvalue weighted by molar-refractivity contribution is 0.647. The molecule has 94 valence electrons. The van der Waals surface area contributed by atoms with Crippen LogP contribution in [0.4, 0.5) is 5.69 Å². The highest BCUT2D eigenvalue weighted by molar-refractivity contribution is 5.69. The fourth-order valence-electron chi connectivity index (χ4n) is 2.12. The molecule has 2 aromatic carbocycles. The van der Waals surface area contributed by atoms with Crippen molar-refractivity contribution >= 4 is 5.69 Å². The van der Waals surface area contributed by atoms with Gasteiger partial charge >= 0.3 is 0 Å². The van der Waals surface area contributed by atoms with Crippen molar-refractivity contribution < 1.29 is 0 Å². The topological polar surface area (TPSA) is 26.0 Å². The van der Waals surface area contributed by atoms with E-state index in [9.17, 15) is 0 Å². The summed E-state index contributed by atoms with van der Waals surface area (Å²) in [6, 6.07) is 15.0. The first kappa shape index (κ1) is 12.7. The van der Waals surface area contributed by atoms with Crippen LogP contribution < -0.4 is 5.73 Å². The Hall–Kier alpha value is -1.76. The van der Waals surface area contributed by atoms with Crippen LogP contribution in [0.5, 0.6) is 0 Å². The van der Waals surface area contributed by atoms with E-state index in [4.69, 9.17) is 5.73 Å². The van der Waals surface area contributed by atoms with E-state index in [2.05, 4.69) is 50.2 Å². The first-order chi connectivity index (χ1) is 8.56. The highest BCUT2D eigenvalue weighted by atomic mass is 14.5. The van der Waals surface area contributed by atoms with Gasteiger partial charge in [0.25, 0.3) is 0 Å². The molecule has 2 N–H and O–H groups in total. The highest BCUT2D eigenvalue weighted by Crippen LogP contribution is 2.24. The molecule has 0 aromatic heterocycles. The Kier molecular flexibility index (Phi) is 3.71. The summed E-state index contributed by atoms with van der Waals surface area (Å²) in [7, 11) is 0. The van der Waals surface area contributed by atoms with Gasteiger partial charge in [0.1, 0.15) is 0 Å². The summed E-state index contributed by atoms with van der Waals surface area (Å²) in [6.07, 6.45) is 1.14.